The summed E-state index contributed by atoms with van der Waals surface area (Å²) in [6.07, 6.45) is 1.07. The van der Waals surface area contributed by atoms with Crippen LogP contribution >= 0.6 is 0 Å². The largest absolute Gasteiger partial charge is 0.372 e. The molecule has 90 valence electrons. The normalized spacial score (nSPS) is 12.5. The average molecular weight is 224 g/mol. The van der Waals surface area contributed by atoms with Crippen molar-refractivity contribution in [3.8, 4) is 0 Å². The number of benzene rings is 1. The van der Waals surface area contributed by atoms with Crippen LogP contribution in [-0.4, -0.2) is 19.6 Å². The predicted molar refractivity (Wildman–Crippen MR) is 67.1 cm³/mol. The molecule has 0 saturated heterocycles. The predicted octanol–water partition coefficient (Wildman–Crippen LogP) is 2.64. The van der Waals surface area contributed by atoms with Gasteiger partial charge in [-0.2, -0.15) is 0 Å². The standard InChI is InChI=1S/C13H21FN2/c1-3-16(9-8-11(2)10-15)13-6-4-12(14)5-7-13/h4-7,11H,3,8-10,15H2,1-2H3. The van der Waals surface area contributed by atoms with Crippen LogP contribution in [0.15, 0.2) is 24.3 Å². The number of hydrogen-bond donors (Lipinski definition) is 1. The Kier molecular flexibility index (Phi) is 5.26. The molecule has 0 aliphatic heterocycles. The number of rotatable bonds is 6. The lowest BCUT2D eigenvalue weighted by Crippen LogP contribution is -2.26. The molecule has 3 heteroatoms. The Hall–Kier alpha value is -1.09. The molecular weight excluding hydrogens is 203 g/mol. The summed E-state index contributed by atoms with van der Waals surface area (Å²) < 4.78 is 12.8. The second-order valence-corrected chi connectivity index (χ2v) is 4.19. The van der Waals surface area contributed by atoms with Gasteiger partial charge in [0.2, 0.25) is 0 Å². The quantitative estimate of drug-likeness (QED) is 0.805. The summed E-state index contributed by atoms with van der Waals surface area (Å²) in [5.74, 6) is 0.352. The lowest BCUT2D eigenvalue weighted by atomic mass is 10.1. The summed E-state index contributed by atoms with van der Waals surface area (Å²) in [6, 6.07) is 6.66. The van der Waals surface area contributed by atoms with E-state index < -0.39 is 0 Å². The summed E-state index contributed by atoms with van der Waals surface area (Å²) in [5.41, 5.74) is 6.67. The van der Waals surface area contributed by atoms with E-state index in [1.807, 2.05) is 12.1 Å². The molecule has 0 aliphatic carbocycles. The second-order valence-electron chi connectivity index (χ2n) is 4.19. The van der Waals surface area contributed by atoms with Gasteiger partial charge in [-0.3, -0.25) is 0 Å². The Bertz CT molecular complexity index is 297. The molecule has 1 aromatic rings. The monoisotopic (exact) mass is 224 g/mol. The van der Waals surface area contributed by atoms with Gasteiger partial charge in [0.05, 0.1) is 0 Å². The summed E-state index contributed by atoms with van der Waals surface area (Å²) in [7, 11) is 0. The van der Waals surface area contributed by atoms with E-state index in [1.165, 1.54) is 12.1 Å². The minimum absolute atomic E-state index is 0.185. The molecule has 16 heavy (non-hydrogen) atoms. The Morgan fingerprint density at radius 1 is 1.31 bits per heavy atom. The van der Waals surface area contributed by atoms with Crippen LogP contribution in [0.3, 0.4) is 0 Å². The van der Waals surface area contributed by atoms with E-state index in [-0.39, 0.29) is 5.82 Å². The highest BCUT2D eigenvalue weighted by Gasteiger charge is 2.06. The van der Waals surface area contributed by atoms with Crippen molar-refractivity contribution in [2.24, 2.45) is 11.7 Å². The molecule has 0 saturated carbocycles. The van der Waals surface area contributed by atoms with Gasteiger partial charge < -0.3 is 10.6 Å². The summed E-state index contributed by atoms with van der Waals surface area (Å²) in [5, 5.41) is 0. The highest BCUT2D eigenvalue weighted by atomic mass is 19.1. The molecule has 2 N–H and O–H groups in total. The number of anilines is 1. The number of halogens is 1. The summed E-state index contributed by atoms with van der Waals surface area (Å²) in [6.45, 7) is 6.89. The molecule has 0 heterocycles. The molecule has 0 bridgehead atoms. The van der Waals surface area contributed by atoms with Crippen LogP contribution < -0.4 is 10.6 Å². The maximum atomic E-state index is 12.8. The third kappa shape index (κ3) is 3.81. The Morgan fingerprint density at radius 2 is 1.94 bits per heavy atom. The van der Waals surface area contributed by atoms with Crippen molar-refractivity contribution in [2.45, 2.75) is 20.3 Å². The van der Waals surface area contributed by atoms with Crippen molar-refractivity contribution in [2.75, 3.05) is 24.5 Å². The first-order valence-corrected chi connectivity index (χ1v) is 5.88. The number of hydrogen-bond acceptors (Lipinski definition) is 2. The molecule has 1 atom stereocenters. The van der Waals surface area contributed by atoms with Crippen LogP contribution in [0.25, 0.3) is 0 Å². The van der Waals surface area contributed by atoms with Gasteiger partial charge >= 0.3 is 0 Å². The van der Waals surface area contributed by atoms with E-state index in [9.17, 15) is 4.39 Å². The maximum absolute atomic E-state index is 12.8. The van der Waals surface area contributed by atoms with Crippen LogP contribution in [0.2, 0.25) is 0 Å². The first kappa shape index (κ1) is 13.0. The van der Waals surface area contributed by atoms with E-state index in [1.54, 1.807) is 0 Å². The van der Waals surface area contributed by atoms with E-state index in [2.05, 4.69) is 18.7 Å². The lowest BCUT2D eigenvalue weighted by molar-refractivity contribution is 0.538. The molecule has 1 rings (SSSR count). The van der Waals surface area contributed by atoms with Gasteiger partial charge in [-0.15, -0.1) is 0 Å². The second kappa shape index (κ2) is 6.48. The minimum atomic E-state index is -0.185. The van der Waals surface area contributed by atoms with Gasteiger partial charge in [-0.1, -0.05) is 6.92 Å². The fourth-order valence-corrected chi connectivity index (χ4v) is 1.62. The van der Waals surface area contributed by atoms with Crippen molar-refractivity contribution in [1.29, 1.82) is 0 Å². The minimum Gasteiger partial charge on any atom is -0.372 e. The highest BCUT2D eigenvalue weighted by molar-refractivity contribution is 5.45. The van der Waals surface area contributed by atoms with Crippen LogP contribution in [0.1, 0.15) is 20.3 Å². The van der Waals surface area contributed by atoms with Gasteiger partial charge in [0, 0.05) is 18.8 Å². The molecule has 1 aromatic carbocycles. The third-order valence-electron chi connectivity index (χ3n) is 2.87. The summed E-state index contributed by atoms with van der Waals surface area (Å²) >= 11 is 0. The molecule has 2 nitrogen and oxygen atoms in total. The fourth-order valence-electron chi connectivity index (χ4n) is 1.62. The Balaban J connectivity index is 2.57. The highest BCUT2D eigenvalue weighted by Crippen LogP contribution is 2.15. The van der Waals surface area contributed by atoms with Gasteiger partial charge in [-0.25, -0.2) is 4.39 Å². The average Bonchev–Trinajstić information content (AvgIpc) is 2.31. The lowest BCUT2D eigenvalue weighted by Gasteiger charge is -2.24. The summed E-state index contributed by atoms with van der Waals surface area (Å²) in [4.78, 5) is 2.24. The van der Waals surface area contributed by atoms with Gasteiger partial charge in [0.15, 0.2) is 0 Å². The zero-order valence-corrected chi connectivity index (χ0v) is 10.1. The van der Waals surface area contributed by atoms with E-state index in [4.69, 9.17) is 5.73 Å². The smallest absolute Gasteiger partial charge is 0.123 e. The van der Waals surface area contributed by atoms with Crippen molar-refractivity contribution < 1.29 is 4.39 Å². The van der Waals surface area contributed by atoms with E-state index in [0.29, 0.717) is 5.92 Å². The van der Waals surface area contributed by atoms with Crippen molar-refractivity contribution in [1.82, 2.24) is 0 Å². The molecule has 1 unspecified atom stereocenters. The SMILES string of the molecule is CCN(CCC(C)CN)c1ccc(F)cc1. The third-order valence-corrected chi connectivity index (χ3v) is 2.87. The Labute approximate surface area is 97.3 Å². The molecule has 0 aromatic heterocycles. The number of nitrogens with two attached hydrogens (primary N) is 1. The van der Waals surface area contributed by atoms with Crippen LogP contribution in [-0.2, 0) is 0 Å². The van der Waals surface area contributed by atoms with Gasteiger partial charge in [-0.05, 0) is 50.1 Å². The zero-order chi connectivity index (χ0) is 12.0. The number of nitrogens with zero attached hydrogens (tertiary/aromatic N) is 1. The van der Waals surface area contributed by atoms with Crippen LogP contribution in [0.4, 0.5) is 10.1 Å². The van der Waals surface area contributed by atoms with Crippen LogP contribution in [0, 0.1) is 11.7 Å². The molecule has 0 aliphatic rings. The first-order valence-electron chi connectivity index (χ1n) is 5.88. The molecule has 0 fully saturated rings. The van der Waals surface area contributed by atoms with Crippen molar-refractivity contribution >= 4 is 5.69 Å². The van der Waals surface area contributed by atoms with E-state index in [0.717, 1.165) is 31.7 Å². The Morgan fingerprint density at radius 3 is 2.44 bits per heavy atom. The zero-order valence-electron chi connectivity index (χ0n) is 10.1. The van der Waals surface area contributed by atoms with E-state index >= 15 is 0 Å². The fraction of sp³-hybridized carbons (Fsp3) is 0.538. The first-order chi connectivity index (χ1) is 7.67. The molecular formula is C13H21FN2. The van der Waals surface area contributed by atoms with Crippen LogP contribution in [0.5, 0.6) is 0 Å². The molecule has 0 spiro atoms. The van der Waals surface area contributed by atoms with Crippen molar-refractivity contribution in [3.05, 3.63) is 30.1 Å². The topological polar surface area (TPSA) is 29.3 Å². The van der Waals surface area contributed by atoms with Crippen molar-refractivity contribution in [3.63, 3.8) is 0 Å². The maximum Gasteiger partial charge on any atom is 0.123 e. The molecule has 0 amide bonds. The van der Waals surface area contributed by atoms with Gasteiger partial charge in [0.1, 0.15) is 5.82 Å². The van der Waals surface area contributed by atoms with Gasteiger partial charge in [0.25, 0.3) is 0 Å². The molecule has 0 radical (unpaired) electrons.